The van der Waals surface area contributed by atoms with Gasteiger partial charge in [-0.15, -0.1) is 10.2 Å². The largest absolute Gasteiger partial charge is 0.414 e. The number of rotatable bonds is 8. The number of hydrogen-bond donors (Lipinski definition) is 2. The Balaban J connectivity index is 1.21. The van der Waals surface area contributed by atoms with Crippen molar-refractivity contribution < 1.29 is 26.7 Å². The summed E-state index contributed by atoms with van der Waals surface area (Å²) in [5, 5.41) is 10.8. The van der Waals surface area contributed by atoms with Crippen LogP contribution >= 0.6 is 0 Å². The molecule has 4 aromatic rings. The van der Waals surface area contributed by atoms with Crippen LogP contribution in [0.1, 0.15) is 18.4 Å². The van der Waals surface area contributed by atoms with Gasteiger partial charge in [0.2, 0.25) is 0 Å². The SMILES string of the molecule is Nc1ncc(-c2ccc(S(=O)(=O)C3CCOC3)cc2)nc1-c1nnc(-c2ccc(CN[C@H]3CCOC3)cc2F)o1. The van der Waals surface area contributed by atoms with Gasteiger partial charge in [0.15, 0.2) is 21.3 Å². The molecule has 0 bridgehead atoms. The molecule has 0 aliphatic carbocycles. The average Bonchev–Trinajstić information content (AvgIpc) is 3.76. The molecule has 0 spiro atoms. The highest BCUT2D eigenvalue weighted by Gasteiger charge is 2.31. The zero-order valence-electron chi connectivity index (χ0n) is 21.4. The van der Waals surface area contributed by atoms with E-state index in [2.05, 4.69) is 25.5 Å². The topological polar surface area (TPSA) is 155 Å². The number of benzene rings is 2. The number of sulfone groups is 1. The highest BCUT2D eigenvalue weighted by Crippen LogP contribution is 2.30. The number of anilines is 1. The molecule has 40 heavy (non-hydrogen) atoms. The third-order valence-corrected chi connectivity index (χ3v) is 9.20. The first kappa shape index (κ1) is 26.4. The van der Waals surface area contributed by atoms with Crippen LogP contribution < -0.4 is 11.1 Å². The molecule has 0 amide bonds. The lowest BCUT2D eigenvalue weighted by atomic mass is 10.1. The minimum Gasteiger partial charge on any atom is -0.414 e. The van der Waals surface area contributed by atoms with Gasteiger partial charge < -0.3 is 24.9 Å². The fourth-order valence-corrected chi connectivity index (χ4v) is 6.27. The third kappa shape index (κ3) is 5.32. The second-order valence-corrected chi connectivity index (χ2v) is 11.9. The van der Waals surface area contributed by atoms with E-state index >= 15 is 0 Å². The maximum Gasteiger partial charge on any atom is 0.270 e. The van der Waals surface area contributed by atoms with E-state index < -0.39 is 20.9 Å². The molecule has 6 rings (SSSR count). The van der Waals surface area contributed by atoms with Crippen molar-refractivity contribution in [2.45, 2.75) is 35.6 Å². The smallest absolute Gasteiger partial charge is 0.270 e. The van der Waals surface area contributed by atoms with Crippen LogP contribution in [0.5, 0.6) is 0 Å². The lowest BCUT2D eigenvalue weighted by Crippen LogP contribution is -2.28. The first-order chi connectivity index (χ1) is 19.4. The van der Waals surface area contributed by atoms with Crippen molar-refractivity contribution in [3.8, 4) is 34.3 Å². The van der Waals surface area contributed by atoms with Crippen LogP contribution in [0.25, 0.3) is 34.3 Å². The Morgan fingerprint density at radius 1 is 1.00 bits per heavy atom. The summed E-state index contributed by atoms with van der Waals surface area (Å²) in [6.07, 6.45) is 2.88. The van der Waals surface area contributed by atoms with Gasteiger partial charge in [-0.05, 0) is 42.7 Å². The Morgan fingerprint density at radius 3 is 2.50 bits per heavy atom. The van der Waals surface area contributed by atoms with Crippen LogP contribution in [0.2, 0.25) is 0 Å². The first-order valence-electron chi connectivity index (χ1n) is 12.9. The van der Waals surface area contributed by atoms with Gasteiger partial charge in [0.05, 0.1) is 40.8 Å². The van der Waals surface area contributed by atoms with Crippen LogP contribution in [0, 0.1) is 5.82 Å². The predicted octanol–water partition coefficient (Wildman–Crippen LogP) is 3.02. The van der Waals surface area contributed by atoms with E-state index in [1.165, 1.54) is 24.4 Å². The van der Waals surface area contributed by atoms with Crippen molar-refractivity contribution in [1.82, 2.24) is 25.5 Å². The quantitative estimate of drug-likeness (QED) is 0.323. The maximum absolute atomic E-state index is 14.9. The standard InChI is InChI=1S/C27H27FN6O5S/c28-22-11-16(12-30-18-7-9-37-14-18)1-6-21(22)26-33-34-27(39-26)24-25(29)31-13-23(32-24)17-2-4-19(5-3-17)40(35,36)20-8-10-38-15-20/h1-6,11,13,18,20,30H,7-10,12,14-15H2,(H2,29,31)/t18-,20?/m0/s1. The number of nitrogen functional groups attached to an aromatic ring is 1. The average molecular weight is 567 g/mol. The molecule has 11 nitrogen and oxygen atoms in total. The second-order valence-electron chi connectivity index (χ2n) is 9.71. The van der Waals surface area contributed by atoms with Crippen molar-refractivity contribution in [2.24, 2.45) is 0 Å². The van der Waals surface area contributed by atoms with Gasteiger partial charge in [-0.2, -0.15) is 0 Å². The van der Waals surface area contributed by atoms with Crippen molar-refractivity contribution >= 4 is 15.7 Å². The van der Waals surface area contributed by atoms with Gasteiger partial charge in [-0.1, -0.05) is 18.2 Å². The molecule has 2 aromatic heterocycles. The molecule has 2 aromatic carbocycles. The van der Waals surface area contributed by atoms with Crippen LogP contribution in [0.4, 0.5) is 10.2 Å². The Labute approximate surface area is 229 Å². The number of aromatic nitrogens is 4. The molecule has 4 heterocycles. The van der Waals surface area contributed by atoms with Gasteiger partial charge in [-0.3, -0.25) is 0 Å². The summed E-state index contributed by atoms with van der Waals surface area (Å²) >= 11 is 0. The molecular formula is C27H27FN6O5S. The van der Waals surface area contributed by atoms with E-state index in [-0.39, 0.29) is 46.4 Å². The van der Waals surface area contributed by atoms with E-state index in [0.29, 0.717) is 37.4 Å². The highest BCUT2D eigenvalue weighted by molar-refractivity contribution is 7.92. The second kappa shape index (κ2) is 11.0. The molecule has 0 radical (unpaired) electrons. The number of nitrogens with one attached hydrogen (secondary N) is 1. The maximum atomic E-state index is 14.9. The van der Waals surface area contributed by atoms with Gasteiger partial charge in [0.25, 0.3) is 11.8 Å². The van der Waals surface area contributed by atoms with Crippen LogP contribution in [0.3, 0.4) is 0 Å². The summed E-state index contributed by atoms with van der Waals surface area (Å²) in [5.41, 5.74) is 8.17. The monoisotopic (exact) mass is 566 g/mol. The normalized spacial score (nSPS) is 19.3. The fraction of sp³-hybridized carbons (Fsp3) is 0.333. The summed E-state index contributed by atoms with van der Waals surface area (Å²) in [7, 11) is -3.49. The van der Waals surface area contributed by atoms with Crippen molar-refractivity contribution in [3.63, 3.8) is 0 Å². The predicted molar refractivity (Wildman–Crippen MR) is 143 cm³/mol. The molecule has 1 unspecified atom stereocenters. The van der Waals surface area contributed by atoms with E-state index in [1.807, 2.05) is 0 Å². The molecule has 2 saturated heterocycles. The summed E-state index contributed by atoms with van der Waals surface area (Å²) in [6.45, 7) is 2.54. The molecule has 0 saturated carbocycles. The van der Waals surface area contributed by atoms with Gasteiger partial charge in [0, 0.05) is 31.4 Å². The molecule has 2 fully saturated rings. The minimum absolute atomic E-state index is 0.0198. The van der Waals surface area contributed by atoms with Crippen molar-refractivity contribution in [3.05, 3.63) is 60.0 Å². The zero-order valence-corrected chi connectivity index (χ0v) is 22.2. The number of ether oxygens (including phenoxy) is 2. The number of nitrogens with two attached hydrogens (primary N) is 1. The van der Waals surface area contributed by atoms with Gasteiger partial charge >= 0.3 is 0 Å². The summed E-state index contributed by atoms with van der Waals surface area (Å²) in [5.74, 6) is -0.483. The molecule has 2 aliphatic rings. The van der Waals surface area contributed by atoms with E-state index in [0.717, 1.165) is 18.6 Å². The molecule has 3 N–H and O–H groups in total. The van der Waals surface area contributed by atoms with Crippen molar-refractivity contribution in [1.29, 1.82) is 0 Å². The Hall–Kier alpha value is -3.78. The molecule has 2 atom stereocenters. The molecule has 13 heteroatoms. The number of nitrogens with zero attached hydrogens (tertiary/aromatic N) is 4. The zero-order chi connectivity index (χ0) is 27.7. The van der Waals surface area contributed by atoms with Gasteiger partial charge in [-0.25, -0.2) is 22.8 Å². The van der Waals surface area contributed by atoms with E-state index in [4.69, 9.17) is 19.6 Å². The first-order valence-corrected chi connectivity index (χ1v) is 14.4. The van der Waals surface area contributed by atoms with Crippen molar-refractivity contribution in [2.75, 3.05) is 32.2 Å². The van der Waals surface area contributed by atoms with Gasteiger partial charge in [0.1, 0.15) is 5.82 Å². The summed E-state index contributed by atoms with van der Waals surface area (Å²) in [6, 6.07) is 11.5. The van der Waals surface area contributed by atoms with Crippen LogP contribution in [-0.4, -0.2) is 66.3 Å². The Bertz CT molecular complexity index is 1620. The Morgan fingerprint density at radius 2 is 1.77 bits per heavy atom. The number of halogens is 1. The fourth-order valence-electron chi connectivity index (χ4n) is 4.69. The molecular weight excluding hydrogens is 539 g/mol. The minimum atomic E-state index is -3.49. The summed E-state index contributed by atoms with van der Waals surface area (Å²) < 4.78 is 56.9. The Kier molecular flexibility index (Phi) is 7.27. The summed E-state index contributed by atoms with van der Waals surface area (Å²) in [4.78, 5) is 8.93. The van der Waals surface area contributed by atoms with Crippen LogP contribution in [0.15, 0.2) is 58.0 Å². The highest BCUT2D eigenvalue weighted by atomic mass is 32.2. The molecule has 208 valence electrons. The molecule has 2 aliphatic heterocycles. The van der Waals surface area contributed by atoms with Crippen LogP contribution in [-0.2, 0) is 25.9 Å². The number of hydrogen-bond acceptors (Lipinski definition) is 11. The lowest BCUT2D eigenvalue weighted by Gasteiger charge is -2.11. The van der Waals surface area contributed by atoms with E-state index in [1.54, 1.807) is 24.3 Å². The van der Waals surface area contributed by atoms with E-state index in [9.17, 15) is 12.8 Å². The lowest BCUT2D eigenvalue weighted by molar-refractivity contribution is 0.190. The third-order valence-electron chi connectivity index (χ3n) is 7.02.